The summed E-state index contributed by atoms with van der Waals surface area (Å²) in [5.74, 6) is 2.41. The molecule has 0 unspecified atom stereocenters. The van der Waals surface area contributed by atoms with Crippen LogP contribution in [0.15, 0.2) is 36.7 Å². The smallest absolute Gasteiger partial charge is 0.289 e. The average molecular weight is 407 g/mol. The molecule has 0 fully saturated rings. The van der Waals surface area contributed by atoms with E-state index in [1.165, 1.54) is 0 Å². The van der Waals surface area contributed by atoms with Gasteiger partial charge in [0, 0.05) is 18.0 Å². The molecule has 4 heterocycles. The Bertz CT molecular complexity index is 1200. The van der Waals surface area contributed by atoms with Crippen molar-refractivity contribution in [2.75, 3.05) is 19.0 Å². The zero-order valence-electron chi connectivity index (χ0n) is 15.5. The number of nitrogens with zero attached hydrogens (tertiary/aromatic N) is 5. The maximum atomic E-state index is 11.8. The van der Waals surface area contributed by atoms with Crippen LogP contribution >= 0.6 is 11.3 Å². The quantitative estimate of drug-likeness (QED) is 0.523. The maximum absolute atomic E-state index is 11.8. The van der Waals surface area contributed by atoms with Crippen LogP contribution in [0.2, 0.25) is 0 Å². The zero-order chi connectivity index (χ0) is 19.8. The highest BCUT2D eigenvalue weighted by Crippen LogP contribution is 2.36. The van der Waals surface area contributed by atoms with Crippen molar-refractivity contribution in [3.05, 3.63) is 48.3 Å². The lowest BCUT2D eigenvalue weighted by Gasteiger charge is -2.15. The third-order valence-corrected chi connectivity index (χ3v) is 5.93. The molecule has 1 aliphatic heterocycles. The zero-order valence-corrected chi connectivity index (χ0v) is 16.4. The molecule has 9 nitrogen and oxygen atoms in total. The molecule has 2 N–H and O–H groups in total. The number of carbonyl (C=O) groups is 1. The molecule has 3 aromatic heterocycles. The number of amides is 1. The summed E-state index contributed by atoms with van der Waals surface area (Å²) in [6, 6.07) is 9.98. The maximum Gasteiger partial charge on any atom is 0.289 e. The predicted molar refractivity (Wildman–Crippen MR) is 109 cm³/mol. The number of carbonyl (C=O) groups excluding carboxylic acids is 1. The normalized spacial score (nSPS) is 13.2. The fourth-order valence-corrected chi connectivity index (χ4v) is 4.35. The number of hydrogen-bond acceptors (Lipinski definition) is 8. The summed E-state index contributed by atoms with van der Waals surface area (Å²) in [5, 5.41) is 14.2. The van der Waals surface area contributed by atoms with Gasteiger partial charge in [0.1, 0.15) is 17.9 Å². The Morgan fingerprint density at radius 3 is 2.93 bits per heavy atom. The first-order valence-corrected chi connectivity index (χ1v) is 9.87. The van der Waals surface area contributed by atoms with Crippen molar-refractivity contribution in [3.8, 4) is 16.2 Å². The lowest BCUT2D eigenvalue weighted by molar-refractivity contribution is 0.0921. The molecule has 10 heteroatoms. The van der Waals surface area contributed by atoms with Crippen molar-refractivity contribution in [1.29, 1.82) is 0 Å². The van der Waals surface area contributed by atoms with Crippen LogP contribution in [0.1, 0.15) is 16.4 Å². The van der Waals surface area contributed by atoms with Crippen LogP contribution in [0.3, 0.4) is 0 Å². The second-order valence-corrected chi connectivity index (χ2v) is 7.53. The van der Waals surface area contributed by atoms with Crippen LogP contribution in [-0.4, -0.2) is 44.3 Å². The third-order valence-electron chi connectivity index (χ3n) is 4.75. The summed E-state index contributed by atoms with van der Waals surface area (Å²) in [6.45, 7) is 1.65. The number of methoxy groups -OCH3 is 1. The molecule has 146 valence electrons. The van der Waals surface area contributed by atoms with Gasteiger partial charge in [-0.1, -0.05) is 0 Å². The van der Waals surface area contributed by atoms with Gasteiger partial charge in [0.25, 0.3) is 5.91 Å². The molecule has 0 saturated carbocycles. The molecular weight excluding hydrogens is 390 g/mol. The Balaban J connectivity index is 1.42. The summed E-state index contributed by atoms with van der Waals surface area (Å²) in [7, 11) is 1.65. The van der Waals surface area contributed by atoms with Gasteiger partial charge in [-0.3, -0.25) is 4.79 Å². The lowest BCUT2D eigenvalue weighted by atomic mass is 10.2. The molecule has 0 atom stereocenters. The molecule has 5 rings (SSSR count). The number of thiophene rings is 1. The summed E-state index contributed by atoms with van der Waals surface area (Å²) in [4.78, 5) is 21.7. The number of nitrogens with one attached hydrogen (secondary N) is 2. The van der Waals surface area contributed by atoms with Gasteiger partial charge in [-0.05, 0) is 35.9 Å². The summed E-state index contributed by atoms with van der Waals surface area (Å²) in [5.41, 5.74) is 1.97. The van der Waals surface area contributed by atoms with Crippen LogP contribution in [-0.2, 0) is 13.1 Å². The van der Waals surface area contributed by atoms with Gasteiger partial charge in [0.15, 0.2) is 5.82 Å². The van der Waals surface area contributed by atoms with Crippen LogP contribution < -0.4 is 15.4 Å². The second-order valence-electron chi connectivity index (χ2n) is 6.48. The van der Waals surface area contributed by atoms with Gasteiger partial charge in [-0.2, -0.15) is 0 Å². The molecule has 4 aromatic rings. The molecule has 29 heavy (non-hydrogen) atoms. The molecular formula is C19H17N7O2S. The largest absolute Gasteiger partial charge is 0.497 e. The number of benzene rings is 1. The van der Waals surface area contributed by atoms with Crippen molar-refractivity contribution < 1.29 is 9.53 Å². The Morgan fingerprint density at radius 1 is 1.24 bits per heavy atom. The first-order chi connectivity index (χ1) is 14.2. The minimum atomic E-state index is -0.193. The SMILES string of the molecule is COc1ccc(-c2cc3ncnc(NCc4nnc5n4CCNC5=O)c3s2)cc1. The van der Waals surface area contributed by atoms with Gasteiger partial charge in [-0.25, -0.2) is 9.97 Å². The van der Waals surface area contributed by atoms with E-state index in [1.807, 2.05) is 28.8 Å². The van der Waals surface area contributed by atoms with Gasteiger partial charge < -0.3 is 19.9 Å². The van der Waals surface area contributed by atoms with Crippen molar-refractivity contribution in [1.82, 2.24) is 30.0 Å². The molecule has 1 amide bonds. The van der Waals surface area contributed by atoms with Crippen LogP contribution in [0.5, 0.6) is 5.75 Å². The fourth-order valence-electron chi connectivity index (χ4n) is 3.27. The molecule has 0 bridgehead atoms. The Morgan fingerprint density at radius 2 is 2.10 bits per heavy atom. The number of fused-ring (bicyclic) bond motifs is 2. The van der Waals surface area contributed by atoms with Crippen molar-refractivity contribution in [3.63, 3.8) is 0 Å². The summed E-state index contributed by atoms with van der Waals surface area (Å²) >= 11 is 1.62. The number of rotatable bonds is 5. The molecule has 0 aliphatic carbocycles. The van der Waals surface area contributed by atoms with E-state index < -0.39 is 0 Å². The molecule has 1 aliphatic rings. The number of aromatic nitrogens is 5. The van der Waals surface area contributed by atoms with E-state index in [1.54, 1.807) is 24.8 Å². The van der Waals surface area contributed by atoms with E-state index in [-0.39, 0.29) is 5.91 Å². The summed E-state index contributed by atoms with van der Waals surface area (Å²) in [6.07, 6.45) is 1.54. The lowest BCUT2D eigenvalue weighted by Crippen LogP contribution is -2.36. The van der Waals surface area contributed by atoms with Gasteiger partial charge in [-0.15, -0.1) is 21.5 Å². The number of hydrogen-bond donors (Lipinski definition) is 2. The van der Waals surface area contributed by atoms with Gasteiger partial charge in [0.2, 0.25) is 5.82 Å². The number of ether oxygens (including phenoxy) is 1. The Kier molecular flexibility index (Phi) is 4.32. The monoisotopic (exact) mass is 407 g/mol. The van der Waals surface area contributed by atoms with Crippen molar-refractivity contribution >= 4 is 33.3 Å². The van der Waals surface area contributed by atoms with Crippen molar-refractivity contribution in [2.24, 2.45) is 0 Å². The van der Waals surface area contributed by atoms with E-state index in [9.17, 15) is 4.79 Å². The first kappa shape index (κ1) is 17.6. The fraction of sp³-hybridized carbons (Fsp3) is 0.211. The van der Waals surface area contributed by atoms with E-state index in [2.05, 4.69) is 36.9 Å². The van der Waals surface area contributed by atoms with E-state index in [0.29, 0.717) is 31.3 Å². The van der Waals surface area contributed by atoms with Gasteiger partial charge >= 0.3 is 0 Å². The van der Waals surface area contributed by atoms with Gasteiger partial charge in [0.05, 0.1) is 23.9 Å². The van der Waals surface area contributed by atoms with Crippen molar-refractivity contribution in [2.45, 2.75) is 13.1 Å². The van der Waals surface area contributed by atoms with Crippen LogP contribution in [0.25, 0.3) is 20.7 Å². The molecule has 0 saturated heterocycles. The minimum Gasteiger partial charge on any atom is -0.497 e. The van der Waals surface area contributed by atoms with E-state index in [4.69, 9.17) is 4.74 Å². The highest BCUT2D eigenvalue weighted by molar-refractivity contribution is 7.22. The minimum absolute atomic E-state index is 0.193. The highest BCUT2D eigenvalue weighted by Gasteiger charge is 2.22. The molecule has 0 radical (unpaired) electrons. The van der Waals surface area contributed by atoms with Crippen LogP contribution in [0, 0.1) is 0 Å². The standard InChI is InChI=1S/C19H17N7O2S/c1-28-12-4-2-11(3-5-12)14-8-13-16(29-14)17(23-10-22-13)21-9-15-24-25-18-19(27)20-6-7-26(15)18/h2-5,8,10H,6-7,9H2,1H3,(H,20,27)(H,21,22,23). The Hall–Kier alpha value is -3.53. The van der Waals surface area contributed by atoms with E-state index in [0.717, 1.165) is 32.2 Å². The van der Waals surface area contributed by atoms with E-state index >= 15 is 0 Å². The van der Waals surface area contributed by atoms with Crippen LogP contribution in [0.4, 0.5) is 5.82 Å². The topological polar surface area (TPSA) is 107 Å². The first-order valence-electron chi connectivity index (χ1n) is 9.06. The highest BCUT2D eigenvalue weighted by atomic mass is 32.1. The second kappa shape index (κ2) is 7.13. The summed E-state index contributed by atoms with van der Waals surface area (Å²) < 4.78 is 8.03. The molecule has 1 aromatic carbocycles. The third kappa shape index (κ3) is 3.17. The molecule has 0 spiro atoms. The predicted octanol–water partition coefficient (Wildman–Crippen LogP) is 2.31. The average Bonchev–Trinajstić information content (AvgIpc) is 3.37. The Labute approximate surface area is 169 Å². The number of anilines is 1.